The van der Waals surface area contributed by atoms with E-state index in [0.29, 0.717) is 11.9 Å². The molecule has 2 heterocycles. The van der Waals surface area contributed by atoms with Gasteiger partial charge in [0.25, 0.3) is 0 Å². The fourth-order valence-corrected chi connectivity index (χ4v) is 1.65. The van der Waals surface area contributed by atoms with Gasteiger partial charge in [-0.05, 0) is 19.4 Å². The van der Waals surface area contributed by atoms with Crippen LogP contribution in [-0.4, -0.2) is 19.7 Å². The number of aryl methyl sites for hydroxylation is 1. The molecule has 5 nitrogen and oxygen atoms in total. The van der Waals surface area contributed by atoms with Gasteiger partial charge in [0, 0.05) is 30.7 Å². The highest BCUT2D eigenvalue weighted by molar-refractivity contribution is 5.31. The van der Waals surface area contributed by atoms with Crippen LogP contribution in [0.1, 0.15) is 18.2 Å². The summed E-state index contributed by atoms with van der Waals surface area (Å²) in [6, 6.07) is 2.07. The van der Waals surface area contributed by atoms with E-state index in [1.807, 2.05) is 18.7 Å². The van der Waals surface area contributed by atoms with Crippen molar-refractivity contribution < 1.29 is 4.74 Å². The molecule has 0 fully saturated rings. The lowest BCUT2D eigenvalue weighted by Gasteiger charge is -1.99. The lowest BCUT2D eigenvalue weighted by atomic mass is 10.2. The molecule has 0 N–H and O–H groups in total. The fraction of sp³-hybridized carbons (Fsp3) is 0.364. The molecule has 0 saturated carbocycles. The van der Waals surface area contributed by atoms with Crippen LogP contribution in [0.2, 0.25) is 0 Å². The molecule has 0 amide bonds. The van der Waals surface area contributed by atoms with Crippen LogP contribution >= 0.6 is 0 Å². The maximum atomic E-state index is 5.52. The van der Waals surface area contributed by atoms with Crippen LogP contribution in [0.5, 0.6) is 11.9 Å². The maximum absolute atomic E-state index is 5.52. The molecule has 84 valence electrons. The monoisotopic (exact) mass is 218 g/mol. The third-order valence-electron chi connectivity index (χ3n) is 2.45. The number of rotatable bonds is 3. The molecular weight excluding hydrogens is 204 g/mol. The van der Waals surface area contributed by atoms with E-state index < -0.39 is 0 Å². The molecule has 0 aliphatic rings. The van der Waals surface area contributed by atoms with Crippen LogP contribution in [-0.2, 0) is 13.5 Å². The standard InChI is InChI=1S/C11H14N4O/c1-4-9-8(2)10(14-15(9)3)16-11-12-6-5-7-13-11/h5-7H,4H2,1-3H3. The van der Waals surface area contributed by atoms with Crippen molar-refractivity contribution in [2.75, 3.05) is 0 Å². The number of aromatic nitrogens is 4. The van der Waals surface area contributed by atoms with E-state index in [2.05, 4.69) is 22.0 Å². The second kappa shape index (κ2) is 4.30. The third-order valence-corrected chi connectivity index (χ3v) is 2.45. The van der Waals surface area contributed by atoms with Gasteiger partial charge in [-0.3, -0.25) is 4.68 Å². The van der Waals surface area contributed by atoms with Crippen molar-refractivity contribution in [2.24, 2.45) is 7.05 Å². The largest absolute Gasteiger partial charge is 0.403 e. The summed E-state index contributed by atoms with van der Waals surface area (Å²) in [4.78, 5) is 7.99. The van der Waals surface area contributed by atoms with Gasteiger partial charge >= 0.3 is 6.01 Å². The Kier molecular flexibility index (Phi) is 2.85. The zero-order chi connectivity index (χ0) is 11.5. The Morgan fingerprint density at radius 3 is 2.56 bits per heavy atom. The summed E-state index contributed by atoms with van der Waals surface area (Å²) in [7, 11) is 1.91. The Labute approximate surface area is 94.1 Å². The number of ether oxygens (including phenoxy) is 1. The summed E-state index contributed by atoms with van der Waals surface area (Å²) in [6.07, 6.45) is 4.21. The van der Waals surface area contributed by atoms with Crippen molar-refractivity contribution in [3.8, 4) is 11.9 Å². The first kappa shape index (κ1) is 10.6. The van der Waals surface area contributed by atoms with Crippen LogP contribution in [0.25, 0.3) is 0 Å². The van der Waals surface area contributed by atoms with Gasteiger partial charge < -0.3 is 4.74 Å². The minimum absolute atomic E-state index is 0.325. The topological polar surface area (TPSA) is 52.8 Å². The highest BCUT2D eigenvalue weighted by Crippen LogP contribution is 2.23. The quantitative estimate of drug-likeness (QED) is 0.789. The zero-order valence-electron chi connectivity index (χ0n) is 9.64. The van der Waals surface area contributed by atoms with Gasteiger partial charge in [-0.2, -0.15) is 0 Å². The Morgan fingerprint density at radius 1 is 1.31 bits per heavy atom. The second-order valence-corrected chi connectivity index (χ2v) is 3.49. The molecule has 0 aromatic carbocycles. The molecule has 0 unspecified atom stereocenters. The first-order valence-electron chi connectivity index (χ1n) is 5.19. The Balaban J connectivity index is 2.29. The number of nitrogens with zero attached hydrogens (tertiary/aromatic N) is 4. The SMILES string of the molecule is CCc1c(C)c(Oc2ncccn2)nn1C. The summed E-state index contributed by atoms with van der Waals surface area (Å²) >= 11 is 0. The summed E-state index contributed by atoms with van der Waals surface area (Å²) < 4.78 is 7.35. The molecule has 2 rings (SSSR count). The van der Waals surface area contributed by atoms with Crippen LogP contribution in [0.15, 0.2) is 18.5 Å². The first-order chi connectivity index (χ1) is 7.72. The lowest BCUT2D eigenvalue weighted by Crippen LogP contribution is -1.96. The first-order valence-corrected chi connectivity index (χ1v) is 5.19. The van der Waals surface area contributed by atoms with Gasteiger partial charge in [-0.15, -0.1) is 5.10 Å². The third kappa shape index (κ3) is 1.88. The second-order valence-electron chi connectivity index (χ2n) is 3.49. The van der Waals surface area contributed by atoms with Crippen molar-refractivity contribution in [1.29, 1.82) is 0 Å². The van der Waals surface area contributed by atoms with Crippen molar-refractivity contribution in [2.45, 2.75) is 20.3 Å². The van der Waals surface area contributed by atoms with Gasteiger partial charge in [0.05, 0.1) is 0 Å². The smallest absolute Gasteiger partial charge is 0.323 e. The van der Waals surface area contributed by atoms with E-state index >= 15 is 0 Å². The summed E-state index contributed by atoms with van der Waals surface area (Å²) in [5.74, 6) is 0.575. The number of hydrogen-bond donors (Lipinski definition) is 0. The van der Waals surface area contributed by atoms with Crippen molar-refractivity contribution in [3.63, 3.8) is 0 Å². The molecule has 2 aromatic heterocycles. The van der Waals surface area contributed by atoms with E-state index in [1.54, 1.807) is 18.5 Å². The van der Waals surface area contributed by atoms with Gasteiger partial charge in [0.15, 0.2) is 0 Å². The zero-order valence-corrected chi connectivity index (χ0v) is 9.64. The molecule has 0 radical (unpaired) electrons. The normalized spacial score (nSPS) is 10.4. The Bertz CT molecular complexity index is 478. The average Bonchev–Trinajstić information content (AvgIpc) is 2.55. The van der Waals surface area contributed by atoms with E-state index in [4.69, 9.17) is 4.74 Å². The van der Waals surface area contributed by atoms with E-state index in [-0.39, 0.29) is 0 Å². The molecule has 0 aliphatic carbocycles. The molecule has 0 atom stereocenters. The van der Waals surface area contributed by atoms with Gasteiger partial charge in [-0.25, -0.2) is 9.97 Å². The fourth-order valence-electron chi connectivity index (χ4n) is 1.65. The highest BCUT2D eigenvalue weighted by Gasteiger charge is 2.13. The van der Waals surface area contributed by atoms with E-state index in [0.717, 1.165) is 17.7 Å². The van der Waals surface area contributed by atoms with Gasteiger partial charge in [0.1, 0.15) is 0 Å². The molecule has 5 heteroatoms. The minimum Gasteiger partial charge on any atom is -0.403 e. The van der Waals surface area contributed by atoms with E-state index in [1.165, 1.54) is 0 Å². The lowest BCUT2D eigenvalue weighted by molar-refractivity contribution is 0.416. The highest BCUT2D eigenvalue weighted by atomic mass is 16.5. The Hall–Kier alpha value is -1.91. The van der Waals surface area contributed by atoms with E-state index in [9.17, 15) is 0 Å². The van der Waals surface area contributed by atoms with Crippen molar-refractivity contribution in [1.82, 2.24) is 19.7 Å². The van der Waals surface area contributed by atoms with Gasteiger partial charge in [-0.1, -0.05) is 6.92 Å². The number of hydrogen-bond acceptors (Lipinski definition) is 4. The van der Waals surface area contributed by atoms with Crippen molar-refractivity contribution >= 4 is 0 Å². The van der Waals surface area contributed by atoms with Gasteiger partial charge in [0.2, 0.25) is 5.88 Å². The van der Waals surface area contributed by atoms with Crippen LogP contribution in [0, 0.1) is 6.92 Å². The molecule has 0 spiro atoms. The molecule has 16 heavy (non-hydrogen) atoms. The molecular formula is C11H14N4O. The maximum Gasteiger partial charge on any atom is 0.323 e. The molecule has 2 aromatic rings. The molecule has 0 saturated heterocycles. The Morgan fingerprint density at radius 2 is 2.00 bits per heavy atom. The van der Waals surface area contributed by atoms with Crippen LogP contribution < -0.4 is 4.74 Å². The predicted molar refractivity (Wildman–Crippen MR) is 59.4 cm³/mol. The minimum atomic E-state index is 0.325. The van der Waals surface area contributed by atoms with Crippen LogP contribution in [0.3, 0.4) is 0 Å². The summed E-state index contributed by atoms with van der Waals surface area (Å²) in [5.41, 5.74) is 2.20. The summed E-state index contributed by atoms with van der Waals surface area (Å²) in [6.45, 7) is 4.08. The van der Waals surface area contributed by atoms with Crippen molar-refractivity contribution in [3.05, 3.63) is 29.7 Å². The summed E-state index contributed by atoms with van der Waals surface area (Å²) in [5, 5.41) is 4.29. The molecule has 0 aliphatic heterocycles. The average molecular weight is 218 g/mol. The van der Waals surface area contributed by atoms with Crippen LogP contribution in [0.4, 0.5) is 0 Å². The predicted octanol–water partition coefficient (Wildman–Crippen LogP) is 1.87. The molecule has 0 bridgehead atoms.